The average molecular weight is 351 g/mol. The Bertz CT molecular complexity index is 642. The Kier molecular flexibility index (Phi) is 5.89. The van der Waals surface area contributed by atoms with E-state index in [4.69, 9.17) is 19.3 Å². The van der Waals surface area contributed by atoms with Gasteiger partial charge >= 0.3 is 5.97 Å². The molecule has 0 aliphatic carbocycles. The third-order valence-electron chi connectivity index (χ3n) is 4.46. The van der Waals surface area contributed by atoms with Gasteiger partial charge < -0.3 is 24.6 Å². The normalized spacial score (nSPS) is 20.2. The summed E-state index contributed by atoms with van der Waals surface area (Å²) in [6, 6.07) is 5.65. The molecule has 2 N–H and O–H groups in total. The molecule has 138 valence electrons. The van der Waals surface area contributed by atoms with Gasteiger partial charge in [0.25, 0.3) is 0 Å². The number of nitrogens with one attached hydrogen (secondary N) is 1. The molecule has 1 amide bonds. The first-order chi connectivity index (χ1) is 11.8. The molecule has 1 aliphatic heterocycles. The number of carbonyl (C=O) groups is 2. The van der Waals surface area contributed by atoms with Gasteiger partial charge in [0.1, 0.15) is 6.10 Å². The van der Waals surface area contributed by atoms with Crippen LogP contribution in [0.15, 0.2) is 18.2 Å². The van der Waals surface area contributed by atoms with Crippen molar-refractivity contribution < 1.29 is 28.9 Å². The average Bonchev–Trinajstić information content (AvgIpc) is 3.09. The number of methoxy groups -OCH3 is 2. The summed E-state index contributed by atoms with van der Waals surface area (Å²) in [5, 5.41) is 11.8. The monoisotopic (exact) mass is 351 g/mol. The van der Waals surface area contributed by atoms with Crippen LogP contribution in [-0.2, 0) is 19.7 Å². The van der Waals surface area contributed by atoms with E-state index in [1.807, 2.05) is 32.0 Å². The molecule has 7 nitrogen and oxygen atoms in total. The number of carbonyl (C=O) groups excluding carboxylic acids is 1. The van der Waals surface area contributed by atoms with Crippen molar-refractivity contribution in [1.82, 2.24) is 5.32 Å². The molecule has 0 unspecified atom stereocenters. The van der Waals surface area contributed by atoms with Crippen LogP contribution < -0.4 is 14.8 Å². The van der Waals surface area contributed by atoms with Crippen molar-refractivity contribution in [2.45, 2.75) is 44.3 Å². The van der Waals surface area contributed by atoms with Gasteiger partial charge in [0.15, 0.2) is 17.6 Å². The van der Waals surface area contributed by atoms with E-state index in [-0.39, 0.29) is 11.3 Å². The second-order valence-corrected chi connectivity index (χ2v) is 6.70. The van der Waals surface area contributed by atoms with E-state index in [1.165, 1.54) is 0 Å². The maximum atomic E-state index is 12.2. The van der Waals surface area contributed by atoms with Crippen molar-refractivity contribution in [2.75, 3.05) is 20.8 Å². The van der Waals surface area contributed by atoms with Gasteiger partial charge in [0.05, 0.1) is 14.2 Å². The van der Waals surface area contributed by atoms with Crippen LogP contribution in [0.5, 0.6) is 11.5 Å². The van der Waals surface area contributed by atoms with Crippen LogP contribution >= 0.6 is 0 Å². The quantitative estimate of drug-likeness (QED) is 0.777. The highest BCUT2D eigenvalue weighted by Crippen LogP contribution is 2.33. The number of hydrogen-bond acceptors (Lipinski definition) is 5. The van der Waals surface area contributed by atoms with Gasteiger partial charge in [-0.1, -0.05) is 19.9 Å². The van der Waals surface area contributed by atoms with E-state index in [0.29, 0.717) is 30.9 Å². The lowest BCUT2D eigenvalue weighted by Gasteiger charge is -2.27. The first-order valence-electron chi connectivity index (χ1n) is 8.17. The molecule has 0 saturated carbocycles. The van der Waals surface area contributed by atoms with Crippen molar-refractivity contribution in [2.24, 2.45) is 0 Å². The zero-order valence-electron chi connectivity index (χ0n) is 15.0. The minimum atomic E-state index is -1.03. The van der Waals surface area contributed by atoms with E-state index >= 15 is 0 Å². The fraction of sp³-hybridized carbons (Fsp3) is 0.556. The molecule has 0 radical (unpaired) electrons. The predicted molar refractivity (Wildman–Crippen MR) is 91.1 cm³/mol. The summed E-state index contributed by atoms with van der Waals surface area (Å²) in [5.41, 5.74) is 0.640. The summed E-state index contributed by atoms with van der Waals surface area (Å²) in [6.45, 7) is 4.40. The molecule has 1 fully saturated rings. The maximum Gasteiger partial charge on any atom is 0.332 e. The molecule has 25 heavy (non-hydrogen) atoms. The molecule has 0 aromatic heterocycles. The van der Waals surface area contributed by atoms with Crippen molar-refractivity contribution in [3.05, 3.63) is 23.8 Å². The highest BCUT2D eigenvalue weighted by Gasteiger charge is 2.35. The molecule has 1 aliphatic rings. The lowest BCUT2D eigenvalue weighted by molar-refractivity contribution is -0.151. The van der Waals surface area contributed by atoms with Crippen LogP contribution in [0.3, 0.4) is 0 Å². The number of aliphatic carboxylic acids is 1. The SMILES string of the molecule is COc1ccc(C(C)(C)CNC(=O)[C@@H]2CC[C@H](C(=O)O)O2)cc1OC. The Hall–Kier alpha value is -2.28. The van der Waals surface area contributed by atoms with E-state index in [0.717, 1.165) is 5.56 Å². The van der Waals surface area contributed by atoms with E-state index in [2.05, 4.69) is 5.32 Å². The van der Waals surface area contributed by atoms with Gasteiger partial charge in [-0.05, 0) is 30.5 Å². The van der Waals surface area contributed by atoms with Crippen molar-refractivity contribution in [3.8, 4) is 11.5 Å². The first-order valence-corrected chi connectivity index (χ1v) is 8.17. The number of benzene rings is 1. The highest BCUT2D eigenvalue weighted by molar-refractivity contribution is 5.82. The van der Waals surface area contributed by atoms with Gasteiger partial charge in [-0.15, -0.1) is 0 Å². The van der Waals surface area contributed by atoms with Gasteiger partial charge in [-0.2, -0.15) is 0 Å². The van der Waals surface area contributed by atoms with Gasteiger partial charge in [-0.3, -0.25) is 4.79 Å². The molecule has 1 saturated heterocycles. The smallest absolute Gasteiger partial charge is 0.332 e. The van der Waals surface area contributed by atoms with Crippen molar-refractivity contribution >= 4 is 11.9 Å². The van der Waals surface area contributed by atoms with Gasteiger partial charge in [0, 0.05) is 12.0 Å². The predicted octanol–water partition coefficient (Wildman–Crippen LogP) is 1.73. The fourth-order valence-corrected chi connectivity index (χ4v) is 2.79. The fourth-order valence-electron chi connectivity index (χ4n) is 2.79. The standard InChI is InChI=1S/C18H25NO6/c1-18(2,11-5-6-12(23-3)15(9-11)24-4)10-19-16(20)13-7-8-14(25-13)17(21)22/h5-6,9,13-14H,7-8,10H2,1-4H3,(H,19,20)(H,21,22)/t13-,14+/m0/s1. The number of ether oxygens (including phenoxy) is 3. The topological polar surface area (TPSA) is 94.1 Å². The van der Waals surface area contributed by atoms with Crippen molar-refractivity contribution in [3.63, 3.8) is 0 Å². The molecule has 0 bridgehead atoms. The van der Waals surface area contributed by atoms with Crippen LogP contribution in [0.1, 0.15) is 32.3 Å². The molecule has 7 heteroatoms. The minimum Gasteiger partial charge on any atom is -0.493 e. The summed E-state index contributed by atoms with van der Waals surface area (Å²) in [7, 11) is 3.15. The number of carboxylic acids is 1. The van der Waals surface area contributed by atoms with Crippen LogP contribution in [0, 0.1) is 0 Å². The molecular weight excluding hydrogens is 326 g/mol. The zero-order valence-corrected chi connectivity index (χ0v) is 15.0. The summed E-state index contributed by atoms with van der Waals surface area (Å²) < 4.78 is 15.8. The summed E-state index contributed by atoms with van der Waals surface area (Å²) in [5.74, 6) is -0.0359. The maximum absolute atomic E-state index is 12.2. The molecule has 1 aromatic rings. The van der Waals surface area contributed by atoms with Crippen LogP contribution in [0.2, 0.25) is 0 Å². The number of amides is 1. The summed E-state index contributed by atoms with van der Waals surface area (Å²) >= 11 is 0. The van der Waals surface area contributed by atoms with E-state index in [1.54, 1.807) is 14.2 Å². The third-order valence-corrected chi connectivity index (χ3v) is 4.46. The Labute approximate surface area is 147 Å². The Morgan fingerprint density at radius 1 is 1.20 bits per heavy atom. The largest absolute Gasteiger partial charge is 0.493 e. The zero-order chi connectivity index (χ0) is 18.6. The molecule has 1 heterocycles. The molecule has 2 rings (SSSR count). The Balaban J connectivity index is 1.99. The summed E-state index contributed by atoms with van der Waals surface area (Å²) in [6.07, 6.45) is -0.830. The molecule has 0 spiro atoms. The van der Waals surface area contributed by atoms with E-state index in [9.17, 15) is 9.59 Å². The van der Waals surface area contributed by atoms with Crippen LogP contribution in [-0.4, -0.2) is 50.0 Å². The second kappa shape index (κ2) is 7.74. The number of carboxylic acid groups (broad SMARTS) is 1. The molecule has 2 atom stereocenters. The number of hydrogen-bond donors (Lipinski definition) is 2. The van der Waals surface area contributed by atoms with Gasteiger partial charge in [0.2, 0.25) is 5.91 Å². The Morgan fingerprint density at radius 2 is 1.84 bits per heavy atom. The van der Waals surface area contributed by atoms with Gasteiger partial charge in [-0.25, -0.2) is 4.79 Å². The second-order valence-electron chi connectivity index (χ2n) is 6.70. The van der Waals surface area contributed by atoms with Crippen LogP contribution in [0.25, 0.3) is 0 Å². The first kappa shape index (κ1) is 19.1. The van der Waals surface area contributed by atoms with Crippen LogP contribution in [0.4, 0.5) is 0 Å². The number of rotatable bonds is 7. The lowest BCUT2D eigenvalue weighted by Crippen LogP contribution is -2.42. The lowest BCUT2D eigenvalue weighted by atomic mass is 9.84. The van der Waals surface area contributed by atoms with Crippen molar-refractivity contribution in [1.29, 1.82) is 0 Å². The molecule has 1 aromatic carbocycles. The third kappa shape index (κ3) is 4.42. The van der Waals surface area contributed by atoms with E-state index < -0.39 is 18.2 Å². The Morgan fingerprint density at radius 3 is 2.40 bits per heavy atom. The summed E-state index contributed by atoms with van der Waals surface area (Å²) in [4.78, 5) is 23.1. The minimum absolute atomic E-state index is 0.280. The molecular formula is C18H25NO6. The highest BCUT2D eigenvalue weighted by atomic mass is 16.5.